The van der Waals surface area contributed by atoms with Crippen molar-refractivity contribution >= 4 is 17.6 Å². The molecule has 1 N–H and O–H groups in total. The number of allylic oxidation sites excluding steroid dienone is 3. The third-order valence-corrected chi connectivity index (χ3v) is 2.87. The minimum atomic E-state index is -0.963. The van der Waals surface area contributed by atoms with Crippen LogP contribution in [0.4, 0.5) is 0 Å². The van der Waals surface area contributed by atoms with Crippen molar-refractivity contribution in [3.63, 3.8) is 0 Å². The van der Waals surface area contributed by atoms with Gasteiger partial charge in [0.15, 0.2) is 0 Å². The molecule has 0 amide bonds. The van der Waals surface area contributed by atoms with Crippen molar-refractivity contribution < 1.29 is 9.90 Å². The molecule has 98 valence electrons. The van der Waals surface area contributed by atoms with Crippen LogP contribution in [-0.2, 0) is 4.79 Å². The topological polar surface area (TPSA) is 37.3 Å². The van der Waals surface area contributed by atoms with Gasteiger partial charge in [-0.1, -0.05) is 47.4 Å². The van der Waals surface area contributed by atoms with Crippen LogP contribution in [0.15, 0.2) is 48.1 Å². The second-order valence-electron chi connectivity index (χ2n) is 4.19. The maximum Gasteiger partial charge on any atom is 0.328 e. The molecule has 0 aromatic heterocycles. The van der Waals surface area contributed by atoms with Crippen LogP contribution in [-0.4, -0.2) is 11.1 Å². The molecule has 1 atom stereocenters. The van der Waals surface area contributed by atoms with Crippen LogP contribution in [0.1, 0.15) is 24.8 Å². The minimum Gasteiger partial charge on any atom is -0.478 e. The lowest BCUT2D eigenvalue weighted by molar-refractivity contribution is -0.131. The van der Waals surface area contributed by atoms with Gasteiger partial charge in [-0.25, -0.2) is 4.79 Å². The van der Waals surface area contributed by atoms with Crippen LogP contribution in [0.25, 0.3) is 0 Å². The molecular weight excluding hydrogens is 260 g/mol. The highest BCUT2D eigenvalue weighted by molar-refractivity contribution is 6.30. The van der Waals surface area contributed by atoms with E-state index in [1.54, 1.807) is 6.08 Å². The summed E-state index contributed by atoms with van der Waals surface area (Å²) in [7, 11) is 0. The monoisotopic (exact) mass is 274 g/mol. The molecule has 0 spiro atoms. The number of aliphatic carboxylic acids is 1. The van der Waals surface area contributed by atoms with Gasteiger partial charge in [0.2, 0.25) is 0 Å². The number of carboxylic acid groups (broad SMARTS) is 1. The molecule has 0 unspecified atom stereocenters. The fourth-order valence-electron chi connectivity index (χ4n) is 1.65. The fourth-order valence-corrected chi connectivity index (χ4v) is 1.78. The van der Waals surface area contributed by atoms with Crippen molar-refractivity contribution in [3.05, 3.63) is 58.7 Å². The fraction of sp³-hybridized carbons (Fsp3) is 0.188. The molecule has 2 nitrogen and oxygen atoms in total. The average Bonchev–Trinajstić information content (AvgIpc) is 2.36. The molecule has 0 aliphatic heterocycles. The van der Waals surface area contributed by atoms with E-state index in [1.807, 2.05) is 31.2 Å². The normalized spacial score (nSPS) is 13.2. The Kier molecular flexibility index (Phi) is 5.92. The highest BCUT2D eigenvalue weighted by atomic mass is 35.5. The molecular formula is C16H15ClO2. The van der Waals surface area contributed by atoms with Gasteiger partial charge in [-0.2, -0.15) is 0 Å². The van der Waals surface area contributed by atoms with E-state index >= 15 is 0 Å². The summed E-state index contributed by atoms with van der Waals surface area (Å²) >= 11 is 5.84. The van der Waals surface area contributed by atoms with Crippen LogP contribution in [0.3, 0.4) is 0 Å². The first-order chi connectivity index (χ1) is 9.02. The number of carboxylic acids is 1. The first kappa shape index (κ1) is 15.1. The Morgan fingerprint density at radius 2 is 2.11 bits per heavy atom. The van der Waals surface area contributed by atoms with Crippen LogP contribution < -0.4 is 0 Å². The van der Waals surface area contributed by atoms with Crippen LogP contribution in [0, 0.1) is 12.3 Å². The lowest BCUT2D eigenvalue weighted by Crippen LogP contribution is -1.96. The number of hydrogen-bond acceptors (Lipinski definition) is 1. The molecule has 0 radical (unpaired) electrons. The molecule has 0 bridgehead atoms. The van der Waals surface area contributed by atoms with Crippen molar-refractivity contribution in [2.24, 2.45) is 0 Å². The lowest BCUT2D eigenvalue weighted by Gasteiger charge is -2.11. The Bertz CT molecular complexity index is 533. The highest BCUT2D eigenvalue weighted by Gasteiger charge is 2.08. The van der Waals surface area contributed by atoms with Crippen molar-refractivity contribution in [2.75, 3.05) is 0 Å². The maximum atomic E-state index is 10.4. The predicted molar refractivity (Wildman–Crippen MR) is 78.2 cm³/mol. The smallest absolute Gasteiger partial charge is 0.328 e. The average molecular weight is 275 g/mol. The van der Waals surface area contributed by atoms with Gasteiger partial charge in [0.1, 0.15) is 0 Å². The molecule has 0 aliphatic rings. The molecule has 0 saturated heterocycles. The summed E-state index contributed by atoms with van der Waals surface area (Å²) in [6, 6.07) is 7.44. The number of rotatable bonds is 5. The Labute approximate surface area is 118 Å². The molecule has 1 aromatic rings. The maximum absolute atomic E-state index is 10.4. The first-order valence-corrected chi connectivity index (χ1v) is 6.19. The van der Waals surface area contributed by atoms with Gasteiger partial charge in [0, 0.05) is 17.0 Å². The quantitative estimate of drug-likeness (QED) is 0.500. The first-order valence-electron chi connectivity index (χ1n) is 5.81. The molecule has 0 heterocycles. The van der Waals surface area contributed by atoms with Gasteiger partial charge in [-0.05, 0) is 31.0 Å². The van der Waals surface area contributed by atoms with Gasteiger partial charge in [0.25, 0.3) is 0 Å². The largest absolute Gasteiger partial charge is 0.478 e. The van der Waals surface area contributed by atoms with Crippen molar-refractivity contribution in [3.8, 4) is 12.3 Å². The van der Waals surface area contributed by atoms with E-state index in [2.05, 4.69) is 5.92 Å². The summed E-state index contributed by atoms with van der Waals surface area (Å²) in [5, 5.41) is 9.17. The number of hydrogen-bond donors (Lipinski definition) is 1. The standard InChI is InChI=1S/C16H15ClO2/c1-3-13(14-7-9-15(17)10-8-14)11-12(2)5-4-6-16(18)19/h1,4-10,13H,11H2,2H3,(H,18,19)/b6-4+,12-5+/t13-/m0/s1. The second-order valence-corrected chi connectivity index (χ2v) is 4.62. The molecule has 1 aromatic carbocycles. The van der Waals surface area contributed by atoms with E-state index < -0.39 is 5.97 Å². The van der Waals surface area contributed by atoms with Gasteiger partial charge < -0.3 is 5.11 Å². The van der Waals surface area contributed by atoms with E-state index in [1.165, 1.54) is 6.08 Å². The summed E-state index contributed by atoms with van der Waals surface area (Å²) in [5.74, 6) is 1.75. The van der Waals surface area contributed by atoms with Gasteiger partial charge >= 0.3 is 5.97 Å². The Hall–Kier alpha value is -1.98. The number of benzene rings is 1. The third-order valence-electron chi connectivity index (χ3n) is 2.62. The van der Waals surface area contributed by atoms with E-state index in [9.17, 15) is 4.79 Å². The summed E-state index contributed by atoms with van der Waals surface area (Å²) in [5.41, 5.74) is 2.05. The Balaban J connectivity index is 2.75. The zero-order chi connectivity index (χ0) is 14.3. The van der Waals surface area contributed by atoms with Gasteiger partial charge in [-0.15, -0.1) is 6.42 Å². The summed E-state index contributed by atoms with van der Waals surface area (Å²) in [6.45, 7) is 1.92. The molecule has 0 saturated carbocycles. The number of terminal acetylenes is 1. The van der Waals surface area contributed by atoms with Crippen LogP contribution in [0.2, 0.25) is 5.02 Å². The molecule has 1 rings (SSSR count). The minimum absolute atomic E-state index is 0.0354. The van der Waals surface area contributed by atoms with E-state index in [-0.39, 0.29) is 5.92 Å². The van der Waals surface area contributed by atoms with Crippen LogP contribution >= 0.6 is 11.6 Å². The van der Waals surface area contributed by atoms with Gasteiger partial charge in [0.05, 0.1) is 0 Å². The summed E-state index contributed by atoms with van der Waals surface area (Å²) < 4.78 is 0. The predicted octanol–water partition coefficient (Wildman–Crippen LogP) is 4.03. The zero-order valence-corrected chi connectivity index (χ0v) is 11.4. The summed E-state index contributed by atoms with van der Waals surface area (Å²) in [6.07, 6.45) is 10.6. The van der Waals surface area contributed by atoms with Gasteiger partial charge in [-0.3, -0.25) is 0 Å². The third kappa shape index (κ3) is 5.46. The molecule has 3 heteroatoms. The molecule has 19 heavy (non-hydrogen) atoms. The Morgan fingerprint density at radius 1 is 1.47 bits per heavy atom. The molecule has 0 aliphatic carbocycles. The summed E-state index contributed by atoms with van der Waals surface area (Å²) in [4.78, 5) is 10.4. The number of halogens is 1. The van der Waals surface area contributed by atoms with E-state index in [4.69, 9.17) is 23.1 Å². The second kappa shape index (κ2) is 7.45. The molecule has 0 fully saturated rings. The zero-order valence-electron chi connectivity index (χ0n) is 10.6. The van der Waals surface area contributed by atoms with Crippen LogP contribution in [0.5, 0.6) is 0 Å². The highest BCUT2D eigenvalue weighted by Crippen LogP contribution is 2.24. The van der Waals surface area contributed by atoms with Crippen molar-refractivity contribution in [1.29, 1.82) is 0 Å². The SMILES string of the molecule is C#C[C@@H](C/C(C)=C/C=C/C(=O)O)c1ccc(Cl)cc1. The van der Waals surface area contributed by atoms with Crippen molar-refractivity contribution in [1.82, 2.24) is 0 Å². The van der Waals surface area contributed by atoms with E-state index in [0.29, 0.717) is 11.4 Å². The lowest BCUT2D eigenvalue weighted by atomic mass is 9.93. The van der Waals surface area contributed by atoms with Crippen molar-refractivity contribution in [2.45, 2.75) is 19.3 Å². The van der Waals surface area contributed by atoms with E-state index in [0.717, 1.165) is 17.2 Å². The Morgan fingerprint density at radius 3 is 2.63 bits per heavy atom. The number of carbonyl (C=O) groups is 1.